The Labute approximate surface area is 112 Å². The highest BCUT2D eigenvalue weighted by atomic mass is 79.9. The smallest absolute Gasteiger partial charge is 0.155 e. The molecule has 17 heavy (non-hydrogen) atoms. The Kier molecular flexibility index (Phi) is 3.39. The van der Waals surface area contributed by atoms with Crippen molar-refractivity contribution in [1.82, 2.24) is 9.78 Å². The number of rotatable bonds is 2. The zero-order chi connectivity index (χ0) is 12.6. The summed E-state index contributed by atoms with van der Waals surface area (Å²) in [6.07, 6.45) is 0.582. The second-order valence-corrected chi connectivity index (χ2v) is 4.62. The fraction of sp³-hybridized carbons (Fsp3) is 0. The summed E-state index contributed by atoms with van der Waals surface area (Å²) < 4.78 is 28.0. The van der Waals surface area contributed by atoms with Gasteiger partial charge in [0.2, 0.25) is 0 Å². The van der Waals surface area contributed by atoms with Gasteiger partial charge < -0.3 is 0 Å². The highest BCUT2D eigenvalue weighted by Crippen LogP contribution is 2.27. The average Bonchev–Trinajstić information content (AvgIpc) is 2.54. The molecule has 0 saturated heterocycles. The predicted octanol–water partition coefficient (Wildman–Crippen LogP) is 3.49. The SMILES string of the molecule is O=Cc1c(Br)nn(-c2ccc(F)cc2F)c1Br. The molecule has 0 atom stereocenters. The van der Waals surface area contributed by atoms with Crippen LogP contribution in [0.25, 0.3) is 5.69 Å². The summed E-state index contributed by atoms with van der Waals surface area (Å²) in [7, 11) is 0. The number of carbonyl (C=O) groups is 1. The molecule has 0 aliphatic heterocycles. The minimum Gasteiger partial charge on any atom is -0.298 e. The topological polar surface area (TPSA) is 34.9 Å². The maximum Gasteiger partial charge on any atom is 0.155 e. The van der Waals surface area contributed by atoms with Crippen molar-refractivity contribution in [1.29, 1.82) is 0 Å². The van der Waals surface area contributed by atoms with Crippen LogP contribution < -0.4 is 0 Å². The van der Waals surface area contributed by atoms with Crippen LogP contribution in [0.3, 0.4) is 0 Å². The van der Waals surface area contributed by atoms with Gasteiger partial charge in [-0.3, -0.25) is 4.79 Å². The molecule has 0 fully saturated rings. The van der Waals surface area contributed by atoms with Gasteiger partial charge in [0.05, 0.1) is 5.56 Å². The van der Waals surface area contributed by atoms with Crippen molar-refractivity contribution >= 4 is 38.1 Å². The highest BCUT2D eigenvalue weighted by Gasteiger charge is 2.17. The van der Waals surface area contributed by atoms with E-state index in [9.17, 15) is 13.6 Å². The summed E-state index contributed by atoms with van der Waals surface area (Å²) in [5.41, 5.74) is 0.306. The summed E-state index contributed by atoms with van der Waals surface area (Å²) in [6.45, 7) is 0. The molecule has 0 spiro atoms. The molecular formula is C10H4Br2F2N2O. The van der Waals surface area contributed by atoms with E-state index < -0.39 is 11.6 Å². The molecule has 1 heterocycles. The van der Waals surface area contributed by atoms with E-state index in [0.29, 0.717) is 10.9 Å². The normalized spacial score (nSPS) is 10.6. The van der Waals surface area contributed by atoms with Gasteiger partial charge in [0.1, 0.15) is 20.7 Å². The van der Waals surface area contributed by atoms with Gasteiger partial charge in [-0.05, 0) is 44.0 Å². The fourth-order valence-corrected chi connectivity index (χ4v) is 2.55. The zero-order valence-corrected chi connectivity index (χ0v) is 11.3. The fourth-order valence-electron chi connectivity index (χ4n) is 1.29. The molecule has 0 N–H and O–H groups in total. The first-order valence-corrected chi connectivity index (χ1v) is 5.98. The van der Waals surface area contributed by atoms with Crippen molar-refractivity contribution < 1.29 is 13.6 Å². The number of aromatic nitrogens is 2. The number of halogens is 4. The van der Waals surface area contributed by atoms with Crippen LogP contribution in [0.15, 0.2) is 27.4 Å². The Bertz CT molecular complexity index is 598. The van der Waals surface area contributed by atoms with Gasteiger partial charge in [-0.25, -0.2) is 13.5 Å². The van der Waals surface area contributed by atoms with Crippen molar-refractivity contribution in [3.63, 3.8) is 0 Å². The molecule has 3 nitrogen and oxygen atoms in total. The van der Waals surface area contributed by atoms with Crippen LogP contribution >= 0.6 is 31.9 Å². The Morgan fingerprint density at radius 1 is 1.29 bits per heavy atom. The van der Waals surface area contributed by atoms with Crippen LogP contribution in [0.1, 0.15) is 10.4 Å². The van der Waals surface area contributed by atoms with E-state index in [1.54, 1.807) is 0 Å². The van der Waals surface area contributed by atoms with E-state index in [1.807, 2.05) is 0 Å². The monoisotopic (exact) mass is 364 g/mol. The van der Waals surface area contributed by atoms with Gasteiger partial charge in [0.25, 0.3) is 0 Å². The standard InChI is InChI=1S/C10H4Br2F2N2O/c11-9-6(4-17)10(12)16(15-9)8-2-1-5(13)3-7(8)14/h1-4H. The lowest BCUT2D eigenvalue weighted by atomic mass is 10.3. The van der Waals surface area contributed by atoms with E-state index >= 15 is 0 Å². The molecule has 0 unspecified atom stereocenters. The van der Waals surface area contributed by atoms with Crippen molar-refractivity contribution in [2.45, 2.75) is 0 Å². The van der Waals surface area contributed by atoms with E-state index in [0.717, 1.165) is 12.1 Å². The van der Waals surface area contributed by atoms with Gasteiger partial charge in [-0.2, -0.15) is 5.10 Å². The first-order valence-electron chi connectivity index (χ1n) is 4.39. The molecule has 1 aromatic carbocycles. The van der Waals surface area contributed by atoms with Gasteiger partial charge in [-0.1, -0.05) is 0 Å². The summed E-state index contributed by atoms with van der Waals surface area (Å²) in [4.78, 5) is 10.8. The average molecular weight is 366 g/mol. The zero-order valence-electron chi connectivity index (χ0n) is 8.12. The predicted molar refractivity (Wildman–Crippen MR) is 64.3 cm³/mol. The Morgan fingerprint density at radius 3 is 2.53 bits per heavy atom. The lowest BCUT2D eigenvalue weighted by molar-refractivity contribution is 0.112. The summed E-state index contributed by atoms with van der Waals surface area (Å²) >= 11 is 6.21. The van der Waals surface area contributed by atoms with Gasteiger partial charge >= 0.3 is 0 Å². The second-order valence-electron chi connectivity index (χ2n) is 3.12. The molecule has 0 aliphatic carbocycles. The molecule has 2 aromatic rings. The molecular weight excluding hydrogens is 362 g/mol. The summed E-state index contributed by atoms with van der Waals surface area (Å²) in [5.74, 6) is -1.44. The Hall–Kier alpha value is -1.08. The molecule has 0 bridgehead atoms. The quantitative estimate of drug-likeness (QED) is 0.763. The molecule has 0 aliphatic rings. The first-order chi connectivity index (χ1) is 8.04. The molecule has 7 heteroatoms. The number of aldehydes is 1. The van der Waals surface area contributed by atoms with Crippen molar-refractivity contribution in [3.8, 4) is 5.69 Å². The van der Waals surface area contributed by atoms with Crippen molar-refractivity contribution in [2.24, 2.45) is 0 Å². The molecule has 1 aromatic heterocycles. The van der Waals surface area contributed by atoms with Crippen molar-refractivity contribution in [2.75, 3.05) is 0 Å². The minimum absolute atomic E-state index is 0.0482. The minimum atomic E-state index is -0.766. The summed E-state index contributed by atoms with van der Waals surface area (Å²) in [6, 6.07) is 3.10. The van der Waals surface area contributed by atoms with Gasteiger partial charge in [0, 0.05) is 6.07 Å². The van der Waals surface area contributed by atoms with E-state index in [2.05, 4.69) is 37.0 Å². The van der Waals surface area contributed by atoms with Crippen LogP contribution in [0.2, 0.25) is 0 Å². The maximum absolute atomic E-state index is 13.5. The third-order valence-corrected chi connectivity index (χ3v) is 3.42. The number of nitrogens with zero attached hydrogens (tertiary/aromatic N) is 2. The van der Waals surface area contributed by atoms with Crippen molar-refractivity contribution in [3.05, 3.63) is 44.6 Å². The first kappa shape index (κ1) is 12.4. The van der Waals surface area contributed by atoms with Crippen LogP contribution in [0.4, 0.5) is 8.78 Å². The molecule has 2 rings (SSSR count). The molecule has 0 radical (unpaired) electrons. The highest BCUT2D eigenvalue weighted by molar-refractivity contribution is 9.11. The largest absolute Gasteiger partial charge is 0.298 e. The van der Waals surface area contributed by atoms with Gasteiger partial charge in [-0.15, -0.1) is 0 Å². The van der Waals surface area contributed by atoms with Crippen LogP contribution in [0.5, 0.6) is 0 Å². The summed E-state index contributed by atoms with van der Waals surface area (Å²) in [5, 5.41) is 3.93. The second kappa shape index (κ2) is 4.66. The number of hydrogen-bond donors (Lipinski definition) is 0. The number of carbonyl (C=O) groups excluding carboxylic acids is 1. The van der Waals surface area contributed by atoms with E-state index in [4.69, 9.17) is 0 Å². The molecule has 0 amide bonds. The molecule has 0 saturated carbocycles. The maximum atomic E-state index is 13.5. The Morgan fingerprint density at radius 2 is 2.00 bits per heavy atom. The third kappa shape index (κ3) is 2.16. The van der Waals surface area contributed by atoms with Gasteiger partial charge in [0.15, 0.2) is 12.1 Å². The Balaban J connectivity index is 2.65. The number of benzene rings is 1. The molecule has 88 valence electrons. The van der Waals surface area contributed by atoms with E-state index in [-0.39, 0.29) is 15.9 Å². The van der Waals surface area contributed by atoms with Crippen LogP contribution in [-0.4, -0.2) is 16.1 Å². The van der Waals surface area contributed by atoms with Crippen LogP contribution in [0, 0.1) is 11.6 Å². The van der Waals surface area contributed by atoms with Crippen LogP contribution in [-0.2, 0) is 0 Å². The lowest BCUT2D eigenvalue weighted by Gasteiger charge is -2.04. The van der Waals surface area contributed by atoms with E-state index in [1.165, 1.54) is 10.7 Å². The third-order valence-electron chi connectivity index (χ3n) is 2.07. The lowest BCUT2D eigenvalue weighted by Crippen LogP contribution is -2.00. The number of hydrogen-bond acceptors (Lipinski definition) is 2.